The predicted molar refractivity (Wildman–Crippen MR) is 83.2 cm³/mol. The van der Waals surface area contributed by atoms with Crippen LogP contribution in [-0.2, 0) is 26.6 Å². The van der Waals surface area contributed by atoms with Crippen LogP contribution >= 0.6 is 0 Å². The molecule has 5 heteroatoms. The van der Waals surface area contributed by atoms with Crippen LogP contribution in [0.15, 0.2) is 18.2 Å². The molecule has 0 spiro atoms. The van der Waals surface area contributed by atoms with Gasteiger partial charge in [0.25, 0.3) is 0 Å². The first kappa shape index (κ1) is 13.9. The van der Waals surface area contributed by atoms with Gasteiger partial charge in [-0.15, -0.1) is 0 Å². The molecule has 0 bridgehead atoms. The molecule has 2 aromatic rings. The molecule has 1 aliphatic rings. The van der Waals surface area contributed by atoms with Crippen molar-refractivity contribution in [2.45, 2.75) is 26.4 Å². The number of anilines is 1. The quantitative estimate of drug-likeness (QED) is 0.875. The Bertz CT molecular complexity index is 663. The Hall–Kier alpha value is -2.01. The maximum atomic E-state index is 6.06. The molecule has 0 fully saturated rings. The highest BCUT2D eigenvalue weighted by Gasteiger charge is 2.21. The summed E-state index contributed by atoms with van der Waals surface area (Å²) in [5.41, 5.74) is 11.8. The van der Waals surface area contributed by atoms with E-state index in [0.29, 0.717) is 0 Å². The van der Waals surface area contributed by atoms with Crippen LogP contribution in [0.3, 0.4) is 0 Å². The fourth-order valence-electron chi connectivity index (χ4n) is 3.17. The standard InChI is InChI=1S/C16H22N4O/c1-11-14(16(21-3)19(2)18-11)10-20-8-7-13-12(9-20)5-4-6-15(13)17/h4-6H,7-10,17H2,1-3H3. The van der Waals surface area contributed by atoms with Crippen molar-refractivity contribution in [2.24, 2.45) is 7.05 Å². The summed E-state index contributed by atoms with van der Waals surface area (Å²) in [5.74, 6) is 0.853. The molecule has 0 aliphatic carbocycles. The number of aryl methyl sites for hydroxylation is 2. The number of nitrogens with zero attached hydrogens (tertiary/aromatic N) is 3. The van der Waals surface area contributed by atoms with Crippen LogP contribution in [0.25, 0.3) is 0 Å². The van der Waals surface area contributed by atoms with Crippen molar-refractivity contribution in [3.05, 3.63) is 40.6 Å². The molecule has 21 heavy (non-hydrogen) atoms. The van der Waals surface area contributed by atoms with E-state index in [4.69, 9.17) is 10.5 Å². The van der Waals surface area contributed by atoms with Gasteiger partial charge in [0.2, 0.25) is 5.88 Å². The Kier molecular flexibility index (Phi) is 3.59. The van der Waals surface area contributed by atoms with Crippen molar-refractivity contribution in [3.8, 4) is 5.88 Å². The molecule has 2 N–H and O–H groups in total. The number of aromatic nitrogens is 2. The van der Waals surface area contributed by atoms with E-state index in [0.717, 1.165) is 43.3 Å². The van der Waals surface area contributed by atoms with Gasteiger partial charge in [0.15, 0.2) is 0 Å². The molecule has 2 heterocycles. The highest BCUT2D eigenvalue weighted by atomic mass is 16.5. The van der Waals surface area contributed by atoms with Gasteiger partial charge < -0.3 is 10.5 Å². The fraction of sp³-hybridized carbons (Fsp3) is 0.438. The second-order valence-corrected chi connectivity index (χ2v) is 5.64. The van der Waals surface area contributed by atoms with Gasteiger partial charge in [-0.25, -0.2) is 4.68 Å². The molecule has 1 aliphatic heterocycles. The van der Waals surface area contributed by atoms with Gasteiger partial charge in [-0.2, -0.15) is 5.10 Å². The van der Waals surface area contributed by atoms with E-state index in [-0.39, 0.29) is 0 Å². The van der Waals surface area contributed by atoms with Gasteiger partial charge in [0.1, 0.15) is 0 Å². The molecule has 0 saturated heterocycles. The van der Waals surface area contributed by atoms with Crippen LogP contribution in [0.2, 0.25) is 0 Å². The van der Waals surface area contributed by atoms with Gasteiger partial charge in [-0.3, -0.25) is 4.90 Å². The minimum Gasteiger partial charge on any atom is -0.481 e. The normalized spacial score (nSPS) is 15.0. The Labute approximate surface area is 125 Å². The van der Waals surface area contributed by atoms with Gasteiger partial charge in [-0.1, -0.05) is 12.1 Å². The Morgan fingerprint density at radius 2 is 2.19 bits per heavy atom. The molecule has 0 amide bonds. The number of ether oxygens (including phenoxy) is 1. The molecule has 1 aromatic carbocycles. The van der Waals surface area contributed by atoms with Gasteiger partial charge in [0.05, 0.1) is 18.4 Å². The molecule has 3 rings (SSSR count). The lowest BCUT2D eigenvalue weighted by Gasteiger charge is -2.29. The van der Waals surface area contributed by atoms with Gasteiger partial charge in [0, 0.05) is 32.4 Å². The number of rotatable bonds is 3. The first-order valence-electron chi connectivity index (χ1n) is 7.25. The van der Waals surface area contributed by atoms with E-state index in [1.807, 2.05) is 26.1 Å². The summed E-state index contributed by atoms with van der Waals surface area (Å²) in [7, 11) is 3.62. The van der Waals surface area contributed by atoms with E-state index in [9.17, 15) is 0 Å². The smallest absolute Gasteiger partial charge is 0.216 e. The highest BCUT2D eigenvalue weighted by molar-refractivity contribution is 5.51. The number of hydrogen-bond donors (Lipinski definition) is 1. The summed E-state index contributed by atoms with van der Waals surface area (Å²) in [4.78, 5) is 2.42. The van der Waals surface area contributed by atoms with Crippen molar-refractivity contribution in [1.82, 2.24) is 14.7 Å². The maximum Gasteiger partial charge on any atom is 0.216 e. The molecule has 0 radical (unpaired) electrons. The largest absolute Gasteiger partial charge is 0.481 e. The average molecular weight is 286 g/mol. The number of methoxy groups -OCH3 is 1. The monoisotopic (exact) mass is 286 g/mol. The van der Waals surface area contributed by atoms with Crippen molar-refractivity contribution >= 4 is 5.69 Å². The summed E-state index contributed by atoms with van der Waals surface area (Å²) >= 11 is 0. The third kappa shape index (κ3) is 2.49. The predicted octanol–water partition coefficient (Wildman–Crippen LogP) is 1.88. The number of nitrogens with two attached hydrogens (primary N) is 1. The zero-order valence-corrected chi connectivity index (χ0v) is 12.9. The lowest BCUT2D eigenvalue weighted by atomic mass is 9.97. The third-order valence-corrected chi connectivity index (χ3v) is 4.25. The van der Waals surface area contributed by atoms with E-state index in [2.05, 4.69) is 16.1 Å². The number of nitrogen functional groups attached to an aromatic ring is 1. The zero-order valence-electron chi connectivity index (χ0n) is 12.9. The van der Waals surface area contributed by atoms with Crippen molar-refractivity contribution in [2.75, 3.05) is 19.4 Å². The fourth-order valence-corrected chi connectivity index (χ4v) is 3.17. The van der Waals surface area contributed by atoms with Gasteiger partial charge in [-0.05, 0) is 30.5 Å². The first-order valence-corrected chi connectivity index (χ1v) is 7.25. The molecule has 1 aromatic heterocycles. The summed E-state index contributed by atoms with van der Waals surface area (Å²) < 4.78 is 7.29. The minimum atomic E-state index is 0.853. The molecular formula is C16H22N4O. The third-order valence-electron chi connectivity index (χ3n) is 4.25. The van der Waals surface area contributed by atoms with Crippen LogP contribution in [0.5, 0.6) is 5.88 Å². The molecule has 5 nitrogen and oxygen atoms in total. The molecular weight excluding hydrogens is 264 g/mol. The van der Waals surface area contributed by atoms with Crippen LogP contribution in [0.1, 0.15) is 22.4 Å². The molecule has 0 atom stereocenters. The topological polar surface area (TPSA) is 56.3 Å². The van der Waals surface area contributed by atoms with Crippen molar-refractivity contribution < 1.29 is 4.74 Å². The molecule has 112 valence electrons. The zero-order chi connectivity index (χ0) is 15.0. The Balaban J connectivity index is 1.82. The van der Waals surface area contributed by atoms with E-state index < -0.39 is 0 Å². The minimum absolute atomic E-state index is 0.853. The number of benzene rings is 1. The Morgan fingerprint density at radius 1 is 1.38 bits per heavy atom. The number of fused-ring (bicyclic) bond motifs is 1. The van der Waals surface area contributed by atoms with Gasteiger partial charge >= 0.3 is 0 Å². The van der Waals surface area contributed by atoms with Crippen LogP contribution in [0, 0.1) is 6.92 Å². The molecule has 0 saturated carbocycles. The average Bonchev–Trinajstić information content (AvgIpc) is 2.73. The summed E-state index contributed by atoms with van der Waals surface area (Å²) in [5, 5.41) is 4.45. The second-order valence-electron chi connectivity index (χ2n) is 5.64. The lowest BCUT2D eigenvalue weighted by molar-refractivity contribution is 0.240. The highest BCUT2D eigenvalue weighted by Crippen LogP contribution is 2.28. The van der Waals surface area contributed by atoms with Crippen LogP contribution in [0.4, 0.5) is 5.69 Å². The summed E-state index contributed by atoms with van der Waals surface area (Å²) in [6.07, 6.45) is 1.00. The second kappa shape index (κ2) is 5.41. The summed E-state index contributed by atoms with van der Waals surface area (Å²) in [6.45, 7) is 4.83. The van der Waals surface area contributed by atoms with Crippen LogP contribution < -0.4 is 10.5 Å². The van der Waals surface area contributed by atoms with Crippen molar-refractivity contribution in [3.63, 3.8) is 0 Å². The van der Waals surface area contributed by atoms with E-state index in [1.54, 1.807) is 11.8 Å². The SMILES string of the molecule is COc1c(CN2CCc3c(N)cccc3C2)c(C)nn1C. The van der Waals surface area contributed by atoms with Crippen LogP contribution in [-0.4, -0.2) is 28.3 Å². The van der Waals surface area contributed by atoms with E-state index >= 15 is 0 Å². The van der Waals surface area contributed by atoms with E-state index in [1.165, 1.54) is 16.7 Å². The Morgan fingerprint density at radius 3 is 2.95 bits per heavy atom. The first-order chi connectivity index (χ1) is 10.1. The lowest BCUT2D eigenvalue weighted by Crippen LogP contribution is -2.30. The van der Waals surface area contributed by atoms with Crippen molar-refractivity contribution in [1.29, 1.82) is 0 Å². The maximum absolute atomic E-state index is 6.06. The number of hydrogen-bond acceptors (Lipinski definition) is 4. The summed E-state index contributed by atoms with van der Waals surface area (Å²) in [6, 6.07) is 6.20. The molecule has 0 unspecified atom stereocenters.